The van der Waals surface area contributed by atoms with Crippen molar-refractivity contribution in [3.63, 3.8) is 0 Å². The smallest absolute Gasteiger partial charge is 0.291 e. The zero-order chi connectivity index (χ0) is 22.5. The number of likely N-dealkylation sites (tertiary alicyclic amines) is 1. The van der Waals surface area contributed by atoms with Crippen molar-refractivity contribution in [3.05, 3.63) is 59.4 Å². The highest BCUT2D eigenvalue weighted by molar-refractivity contribution is 6.44. The Balaban J connectivity index is 2.00. The number of aromatic nitrogens is 1. The lowest BCUT2D eigenvalue weighted by Gasteiger charge is -2.29. The lowest BCUT2D eigenvalue weighted by molar-refractivity contribution is -0.140. The molecule has 1 aliphatic heterocycles. The molecule has 2 heterocycles. The van der Waals surface area contributed by atoms with Crippen LogP contribution in [0.5, 0.6) is 5.75 Å². The van der Waals surface area contributed by atoms with E-state index in [1.807, 2.05) is 6.07 Å². The molecule has 2 unspecified atom stereocenters. The molecule has 0 aliphatic carbocycles. The van der Waals surface area contributed by atoms with Crippen LogP contribution in [-0.2, 0) is 9.59 Å². The van der Waals surface area contributed by atoms with Crippen LogP contribution in [-0.4, -0.2) is 65.5 Å². The van der Waals surface area contributed by atoms with E-state index in [4.69, 9.17) is 4.74 Å². The van der Waals surface area contributed by atoms with Gasteiger partial charge in [0.25, 0.3) is 5.91 Å². The third-order valence-corrected chi connectivity index (χ3v) is 5.96. The molecule has 0 radical (unpaired) electrons. The second-order valence-corrected chi connectivity index (χ2v) is 7.64. The van der Waals surface area contributed by atoms with Crippen LogP contribution in [0, 0.1) is 12.8 Å². The highest BCUT2D eigenvalue weighted by atomic mass is 16.5. The van der Waals surface area contributed by atoms with E-state index in [1.165, 1.54) is 0 Å². The molecule has 0 bridgehead atoms. The second-order valence-electron chi connectivity index (χ2n) is 7.64. The molecule has 164 valence electrons. The van der Waals surface area contributed by atoms with Gasteiger partial charge in [0.2, 0.25) is 5.78 Å². The van der Waals surface area contributed by atoms with Crippen molar-refractivity contribution in [2.24, 2.45) is 5.92 Å². The van der Waals surface area contributed by atoms with Gasteiger partial charge < -0.3 is 14.5 Å². The number of carbonyl (C=O) groups is 3. The number of Topliss-reactive ketones (excluding diaryl/α,β-unsaturated/α-hetero) is 2. The summed E-state index contributed by atoms with van der Waals surface area (Å²) in [6, 6.07) is 8.01. The molecule has 2 atom stereocenters. The number of carbonyl (C=O) groups excluding carboxylic acids is 3. The first-order valence-corrected chi connectivity index (χ1v) is 10.6. The average Bonchev–Trinajstić information content (AvgIpc) is 3.04. The van der Waals surface area contributed by atoms with Crippen LogP contribution in [0.1, 0.15) is 41.4 Å². The third kappa shape index (κ3) is 4.51. The maximum atomic E-state index is 13.5. The highest BCUT2D eigenvalue weighted by Gasteiger charge is 2.51. The Kier molecular flexibility index (Phi) is 7.17. The van der Waals surface area contributed by atoms with E-state index in [9.17, 15) is 14.4 Å². The van der Waals surface area contributed by atoms with E-state index < -0.39 is 23.7 Å². The molecule has 0 saturated carbocycles. The standard InChI is InChI=1S/C24H29N3O4/c1-5-26(6-2)12-13-27-21(17-8-7-11-25-15-17)20(23(29)24(27)30)22(28)19-10-9-18(31-4)14-16(19)3/h7-11,14-15,20-21H,5-6,12-13H2,1-4H3. The van der Waals surface area contributed by atoms with Gasteiger partial charge in [-0.25, -0.2) is 0 Å². The van der Waals surface area contributed by atoms with E-state index in [0.717, 1.165) is 13.1 Å². The monoisotopic (exact) mass is 423 g/mol. The molecule has 1 aliphatic rings. The highest BCUT2D eigenvalue weighted by Crippen LogP contribution is 2.38. The molecule has 31 heavy (non-hydrogen) atoms. The number of amides is 1. The molecule has 0 spiro atoms. The zero-order valence-corrected chi connectivity index (χ0v) is 18.5. The first kappa shape index (κ1) is 22.6. The van der Waals surface area contributed by atoms with Crippen molar-refractivity contribution in [1.29, 1.82) is 0 Å². The number of likely N-dealkylation sites (N-methyl/N-ethyl adjacent to an activating group) is 1. The molecule has 1 aromatic carbocycles. The van der Waals surface area contributed by atoms with Gasteiger partial charge in [0.1, 0.15) is 11.7 Å². The van der Waals surface area contributed by atoms with E-state index in [-0.39, 0.29) is 5.78 Å². The minimum Gasteiger partial charge on any atom is -0.497 e. The molecule has 1 saturated heterocycles. The first-order chi connectivity index (χ1) is 14.9. The lowest BCUT2D eigenvalue weighted by atomic mass is 9.85. The van der Waals surface area contributed by atoms with Crippen LogP contribution in [0.25, 0.3) is 0 Å². The van der Waals surface area contributed by atoms with Crippen LogP contribution in [0.3, 0.4) is 0 Å². The minimum absolute atomic E-state index is 0.349. The molecule has 0 N–H and O–H groups in total. The second kappa shape index (κ2) is 9.83. The predicted molar refractivity (Wildman–Crippen MR) is 117 cm³/mol. The number of hydrogen-bond donors (Lipinski definition) is 0. The largest absolute Gasteiger partial charge is 0.497 e. The van der Waals surface area contributed by atoms with Crippen molar-refractivity contribution < 1.29 is 19.1 Å². The van der Waals surface area contributed by atoms with Gasteiger partial charge in [-0.2, -0.15) is 0 Å². The maximum Gasteiger partial charge on any atom is 0.291 e. The van der Waals surface area contributed by atoms with Crippen LogP contribution < -0.4 is 4.74 Å². The Labute approximate surface area is 183 Å². The summed E-state index contributed by atoms with van der Waals surface area (Å²) in [7, 11) is 1.56. The summed E-state index contributed by atoms with van der Waals surface area (Å²) in [4.78, 5) is 47.5. The van der Waals surface area contributed by atoms with Crippen LogP contribution in [0.4, 0.5) is 0 Å². The molecule has 7 nitrogen and oxygen atoms in total. The quantitative estimate of drug-likeness (QED) is 0.351. The summed E-state index contributed by atoms with van der Waals surface area (Å²) in [6.45, 7) is 8.60. The zero-order valence-electron chi connectivity index (χ0n) is 18.5. The van der Waals surface area contributed by atoms with Gasteiger partial charge in [-0.1, -0.05) is 19.9 Å². The lowest BCUT2D eigenvalue weighted by Crippen LogP contribution is -2.38. The molecule has 1 aromatic heterocycles. The van der Waals surface area contributed by atoms with Crippen molar-refractivity contribution in [3.8, 4) is 5.75 Å². The molecular weight excluding hydrogens is 394 g/mol. The number of ether oxygens (including phenoxy) is 1. The Morgan fingerprint density at radius 2 is 1.94 bits per heavy atom. The first-order valence-electron chi connectivity index (χ1n) is 10.6. The number of rotatable bonds is 9. The normalized spacial score (nSPS) is 18.7. The third-order valence-electron chi connectivity index (χ3n) is 5.96. The summed E-state index contributed by atoms with van der Waals surface area (Å²) >= 11 is 0. The van der Waals surface area contributed by atoms with E-state index in [1.54, 1.807) is 55.6 Å². The van der Waals surface area contributed by atoms with Crippen LogP contribution in [0.15, 0.2) is 42.7 Å². The van der Waals surface area contributed by atoms with E-state index in [0.29, 0.717) is 35.5 Å². The molecule has 1 amide bonds. The van der Waals surface area contributed by atoms with Crippen molar-refractivity contribution in [2.45, 2.75) is 26.8 Å². The molecule has 7 heteroatoms. The van der Waals surface area contributed by atoms with Gasteiger partial charge in [0.05, 0.1) is 13.2 Å². The summed E-state index contributed by atoms with van der Waals surface area (Å²) < 4.78 is 5.22. The van der Waals surface area contributed by atoms with Gasteiger partial charge in [-0.05, 0) is 55.4 Å². The Morgan fingerprint density at radius 1 is 1.19 bits per heavy atom. The Hall–Kier alpha value is -3.06. The number of pyridine rings is 1. The van der Waals surface area contributed by atoms with Gasteiger partial charge in [-0.3, -0.25) is 19.4 Å². The Bertz CT molecular complexity index is 957. The van der Waals surface area contributed by atoms with Crippen molar-refractivity contribution >= 4 is 17.5 Å². The fourth-order valence-electron chi connectivity index (χ4n) is 4.15. The number of hydrogen-bond acceptors (Lipinski definition) is 6. The minimum atomic E-state index is -1.10. The van der Waals surface area contributed by atoms with Crippen LogP contribution in [0.2, 0.25) is 0 Å². The van der Waals surface area contributed by atoms with Crippen LogP contribution >= 0.6 is 0 Å². The summed E-state index contributed by atoms with van der Waals surface area (Å²) in [5.74, 6) is -2.08. The number of aryl methyl sites for hydroxylation is 1. The van der Waals surface area contributed by atoms with Crippen molar-refractivity contribution in [1.82, 2.24) is 14.8 Å². The van der Waals surface area contributed by atoms with Gasteiger partial charge in [0.15, 0.2) is 5.78 Å². The molecule has 2 aromatic rings. The fourth-order valence-corrected chi connectivity index (χ4v) is 4.15. The predicted octanol–water partition coefficient (Wildman–Crippen LogP) is 2.69. The maximum absolute atomic E-state index is 13.5. The summed E-state index contributed by atoms with van der Waals surface area (Å²) in [5.41, 5.74) is 1.81. The SMILES string of the molecule is CCN(CC)CCN1C(=O)C(=O)C(C(=O)c2ccc(OC)cc2C)C1c1cccnc1. The number of ketones is 2. The fraction of sp³-hybridized carbons (Fsp3) is 0.417. The topological polar surface area (TPSA) is 79.8 Å². The molecule has 1 fully saturated rings. The summed E-state index contributed by atoms with van der Waals surface area (Å²) in [6.07, 6.45) is 3.26. The Morgan fingerprint density at radius 3 is 2.52 bits per heavy atom. The van der Waals surface area contributed by atoms with Gasteiger partial charge in [0, 0.05) is 31.0 Å². The number of methoxy groups -OCH3 is 1. The van der Waals surface area contributed by atoms with E-state index in [2.05, 4.69) is 23.7 Å². The molecule has 3 rings (SSSR count). The molecular formula is C24H29N3O4. The number of benzene rings is 1. The van der Waals surface area contributed by atoms with E-state index >= 15 is 0 Å². The average molecular weight is 424 g/mol. The van der Waals surface area contributed by atoms with Gasteiger partial charge in [-0.15, -0.1) is 0 Å². The number of nitrogens with zero attached hydrogens (tertiary/aromatic N) is 3. The van der Waals surface area contributed by atoms with Crippen molar-refractivity contribution in [2.75, 3.05) is 33.3 Å². The van der Waals surface area contributed by atoms with Gasteiger partial charge >= 0.3 is 0 Å². The summed E-state index contributed by atoms with van der Waals surface area (Å²) in [5, 5.41) is 0.